The van der Waals surface area contributed by atoms with Gasteiger partial charge in [-0.2, -0.15) is 5.10 Å². The van der Waals surface area contributed by atoms with Gasteiger partial charge in [-0.3, -0.25) is 4.79 Å². The Balaban J connectivity index is 1.98. The van der Waals surface area contributed by atoms with E-state index in [2.05, 4.69) is 33.7 Å². The van der Waals surface area contributed by atoms with Gasteiger partial charge < -0.3 is 4.90 Å². The normalized spacial score (nSPS) is 12.0. The number of thiophene rings is 1. The molecule has 2 aromatic heterocycles. The number of likely N-dealkylation sites (N-methyl/N-ethyl adjacent to an activating group) is 1. The topological polar surface area (TPSA) is 95.2 Å². The van der Waals surface area contributed by atoms with Crippen LogP contribution in [0.2, 0.25) is 0 Å². The van der Waals surface area contributed by atoms with E-state index in [1.54, 1.807) is 18.2 Å². The monoisotopic (exact) mass is 384 g/mol. The molecule has 9 heteroatoms. The van der Waals surface area contributed by atoms with Gasteiger partial charge in [0.25, 0.3) is 5.56 Å². The number of hydrogen-bond acceptors (Lipinski definition) is 6. The van der Waals surface area contributed by atoms with Crippen LogP contribution < -0.4 is 10.3 Å². The van der Waals surface area contributed by atoms with Crippen molar-refractivity contribution in [3.63, 3.8) is 0 Å². The number of nitrogens with zero attached hydrogens (tertiary/aromatic N) is 2. The van der Waals surface area contributed by atoms with Crippen molar-refractivity contribution in [2.45, 2.75) is 30.9 Å². The molecule has 25 heavy (non-hydrogen) atoms. The molecule has 0 saturated heterocycles. The second-order valence-electron chi connectivity index (χ2n) is 5.61. The van der Waals surface area contributed by atoms with E-state index in [1.807, 2.05) is 0 Å². The van der Waals surface area contributed by atoms with Crippen molar-refractivity contribution in [1.29, 1.82) is 0 Å². The first-order valence-electron chi connectivity index (χ1n) is 8.34. The van der Waals surface area contributed by atoms with Crippen molar-refractivity contribution in [3.8, 4) is 10.6 Å². The van der Waals surface area contributed by atoms with E-state index in [9.17, 15) is 13.2 Å². The SMILES string of the molecule is CCCCN(CC)CCNS(=O)(=O)c1ccc(-c2ccc(=O)[nH]n2)s1. The molecule has 0 unspecified atom stereocenters. The lowest BCUT2D eigenvalue weighted by Crippen LogP contribution is -2.35. The van der Waals surface area contributed by atoms with Crippen LogP contribution in [0.5, 0.6) is 0 Å². The molecule has 2 heterocycles. The number of rotatable bonds is 10. The summed E-state index contributed by atoms with van der Waals surface area (Å²) in [7, 11) is -3.54. The zero-order valence-corrected chi connectivity index (χ0v) is 16.1. The lowest BCUT2D eigenvalue weighted by Gasteiger charge is -2.19. The third-order valence-electron chi connectivity index (χ3n) is 3.77. The maximum atomic E-state index is 12.4. The van der Waals surface area contributed by atoms with Gasteiger partial charge in [0.2, 0.25) is 10.0 Å². The predicted molar refractivity (Wildman–Crippen MR) is 100 cm³/mol. The summed E-state index contributed by atoms with van der Waals surface area (Å²) in [6, 6.07) is 6.19. The van der Waals surface area contributed by atoms with Crippen LogP contribution in [-0.2, 0) is 10.0 Å². The second-order valence-corrected chi connectivity index (χ2v) is 8.69. The number of aromatic amines is 1. The average molecular weight is 385 g/mol. The Kier molecular flexibility index (Phi) is 7.30. The van der Waals surface area contributed by atoms with Crippen LogP contribution in [0.15, 0.2) is 33.3 Å². The first-order chi connectivity index (χ1) is 12.0. The zero-order valence-electron chi connectivity index (χ0n) is 14.5. The van der Waals surface area contributed by atoms with Gasteiger partial charge in [0.05, 0.1) is 4.88 Å². The minimum atomic E-state index is -3.54. The van der Waals surface area contributed by atoms with Crippen molar-refractivity contribution in [2.75, 3.05) is 26.2 Å². The fourth-order valence-corrected chi connectivity index (χ4v) is 4.64. The third-order valence-corrected chi connectivity index (χ3v) is 6.83. The largest absolute Gasteiger partial charge is 0.302 e. The highest BCUT2D eigenvalue weighted by molar-refractivity contribution is 7.91. The summed E-state index contributed by atoms with van der Waals surface area (Å²) in [4.78, 5) is 14.0. The molecule has 0 aliphatic carbocycles. The smallest absolute Gasteiger partial charge is 0.264 e. The molecule has 0 fully saturated rings. The van der Waals surface area contributed by atoms with Crippen LogP contribution in [0.4, 0.5) is 0 Å². The number of aromatic nitrogens is 2. The van der Waals surface area contributed by atoms with E-state index in [0.717, 1.165) is 37.3 Å². The number of unbranched alkanes of at least 4 members (excludes halogenated alkanes) is 1. The Labute approximate surface area is 152 Å². The fraction of sp³-hybridized carbons (Fsp3) is 0.500. The van der Waals surface area contributed by atoms with Crippen molar-refractivity contribution in [3.05, 3.63) is 34.6 Å². The summed E-state index contributed by atoms with van der Waals surface area (Å²) in [5.41, 5.74) is 0.251. The van der Waals surface area contributed by atoms with Crippen molar-refractivity contribution in [2.24, 2.45) is 0 Å². The lowest BCUT2D eigenvalue weighted by atomic mass is 10.3. The highest BCUT2D eigenvalue weighted by Gasteiger charge is 2.17. The van der Waals surface area contributed by atoms with Gasteiger partial charge in [0, 0.05) is 19.2 Å². The number of nitrogens with one attached hydrogen (secondary N) is 2. The molecule has 0 aromatic carbocycles. The molecule has 0 saturated carbocycles. The van der Waals surface area contributed by atoms with E-state index in [0.29, 0.717) is 23.7 Å². The maximum Gasteiger partial charge on any atom is 0.264 e. The van der Waals surface area contributed by atoms with Crippen LogP contribution >= 0.6 is 11.3 Å². The lowest BCUT2D eigenvalue weighted by molar-refractivity contribution is 0.288. The van der Waals surface area contributed by atoms with Crippen LogP contribution in [0, 0.1) is 0 Å². The van der Waals surface area contributed by atoms with Crippen LogP contribution in [-0.4, -0.2) is 49.7 Å². The molecule has 0 radical (unpaired) electrons. The molecular formula is C16H24N4O3S2. The molecular weight excluding hydrogens is 360 g/mol. The molecule has 0 aliphatic heterocycles. The quantitative estimate of drug-likeness (QED) is 0.652. The second kappa shape index (κ2) is 9.23. The Morgan fingerprint density at radius 1 is 1.20 bits per heavy atom. The Morgan fingerprint density at radius 2 is 2.00 bits per heavy atom. The minimum Gasteiger partial charge on any atom is -0.302 e. The molecule has 0 bridgehead atoms. The molecule has 138 valence electrons. The Hall–Kier alpha value is -1.55. The Morgan fingerprint density at radius 3 is 2.64 bits per heavy atom. The standard InChI is InChI=1S/C16H24N4O3S2/c1-3-5-11-20(4-2)12-10-17-25(22,23)16-9-7-14(24-16)13-6-8-15(21)19-18-13/h6-9,17H,3-5,10-12H2,1-2H3,(H,19,21). The predicted octanol–water partition coefficient (Wildman–Crippen LogP) is 1.90. The molecule has 7 nitrogen and oxygen atoms in total. The van der Waals surface area contributed by atoms with E-state index in [-0.39, 0.29) is 9.77 Å². The van der Waals surface area contributed by atoms with Gasteiger partial charge in [0.15, 0.2) is 0 Å². The highest BCUT2D eigenvalue weighted by atomic mass is 32.2. The number of H-pyrrole nitrogens is 1. The molecule has 2 N–H and O–H groups in total. The van der Waals surface area contributed by atoms with Gasteiger partial charge in [-0.25, -0.2) is 18.2 Å². The van der Waals surface area contributed by atoms with E-state index in [1.165, 1.54) is 6.07 Å². The van der Waals surface area contributed by atoms with E-state index in [4.69, 9.17) is 0 Å². The van der Waals surface area contributed by atoms with Gasteiger partial charge in [0.1, 0.15) is 9.90 Å². The summed E-state index contributed by atoms with van der Waals surface area (Å²) in [5, 5.41) is 6.27. The molecule has 0 aliphatic rings. The molecule has 2 aromatic rings. The Bertz CT molecular complexity index is 809. The molecule has 0 atom stereocenters. The van der Waals surface area contributed by atoms with Gasteiger partial charge in [-0.05, 0) is 37.7 Å². The van der Waals surface area contributed by atoms with Crippen LogP contribution in [0.25, 0.3) is 10.6 Å². The van der Waals surface area contributed by atoms with Crippen molar-refractivity contribution < 1.29 is 8.42 Å². The van der Waals surface area contributed by atoms with Crippen LogP contribution in [0.3, 0.4) is 0 Å². The third kappa shape index (κ3) is 5.74. The molecule has 0 amide bonds. The average Bonchev–Trinajstić information content (AvgIpc) is 3.09. The van der Waals surface area contributed by atoms with Crippen molar-refractivity contribution >= 4 is 21.4 Å². The maximum absolute atomic E-state index is 12.4. The first kappa shape index (κ1) is 19.8. The van der Waals surface area contributed by atoms with E-state index >= 15 is 0 Å². The first-order valence-corrected chi connectivity index (χ1v) is 10.6. The highest BCUT2D eigenvalue weighted by Crippen LogP contribution is 2.28. The minimum absolute atomic E-state index is 0.243. The van der Waals surface area contributed by atoms with Gasteiger partial charge in [-0.15, -0.1) is 11.3 Å². The van der Waals surface area contributed by atoms with Crippen LogP contribution in [0.1, 0.15) is 26.7 Å². The summed E-state index contributed by atoms with van der Waals surface area (Å²) in [6.45, 7) is 7.17. The zero-order chi connectivity index (χ0) is 18.3. The summed E-state index contributed by atoms with van der Waals surface area (Å²) < 4.78 is 27.7. The van der Waals surface area contributed by atoms with Gasteiger partial charge in [-0.1, -0.05) is 20.3 Å². The fourth-order valence-electron chi connectivity index (χ4n) is 2.30. The van der Waals surface area contributed by atoms with Crippen molar-refractivity contribution in [1.82, 2.24) is 19.8 Å². The summed E-state index contributed by atoms with van der Waals surface area (Å²) in [6.07, 6.45) is 2.24. The number of sulfonamides is 1. The van der Waals surface area contributed by atoms with E-state index < -0.39 is 10.0 Å². The molecule has 0 spiro atoms. The number of hydrogen-bond donors (Lipinski definition) is 2. The summed E-state index contributed by atoms with van der Waals surface area (Å²) >= 11 is 1.13. The molecule has 2 rings (SSSR count). The summed E-state index contributed by atoms with van der Waals surface area (Å²) in [5.74, 6) is 0. The van der Waals surface area contributed by atoms with Gasteiger partial charge >= 0.3 is 0 Å².